The van der Waals surface area contributed by atoms with Gasteiger partial charge in [-0.05, 0) is 44.6 Å². The average Bonchev–Trinajstić information content (AvgIpc) is 3.68. The summed E-state index contributed by atoms with van der Waals surface area (Å²) in [6, 6.07) is 10.1. The topological polar surface area (TPSA) is 133 Å². The third-order valence-corrected chi connectivity index (χ3v) is 7.74. The number of amides is 3. The van der Waals surface area contributed by atoms with Gasteiger partial charge < -0.3 is 34.9 Å². The standard InChI is InChI=1S/C16H23NO2.C9H17NO2.C8H16O.C3H7NO2/c1-2-3-4-8-11-15-13-17(16(18)19-15)12-14-9-6-5-7-10-14;1-2-3-4-5-6-8-7-10-9(11)12-8;1-2-3-4-5-6-8-7-9-8;1-2-6-3(4)5/h5-7,9-10,15H,2-4,8,11-13H2,1H3;8H,2-7H2,1H3,(H,10,11);8H,2-7H2,1H3;2H2,1H3,(H2,4,5). The zero-order valence-electron chi connectivity index (χ0n) is 29.1. The quantitative estimate of drug-likeness (QED) is 0.0925. The lowest BCUT2D eigenvalue weighted by Crippen LogP contribution is -2.24. The van der Waals surface area contributed by atoms with Crippen molar-refractivity contribution in [3.8, 4) is 0 Å². The maximum Gasteiger partial charge on any atom is 0.410 e. The molecule has 4 rings (SSSR count). The van der Waals surface area contributed by atoms with Gasteiger partial charge in [0, 0.05) is 6.54 Å². The summed E-state index contributed by atoms with van der Waals surface area (Å²) in [7, 11) is 0. The molecule has 46 heavy (non-hydrogen) atoms. The Balaban J connectivity index is 0.000000336. The lowest BCUT2D eigenvalue weighted by atomic mass is 10.1. The number of nitrogens with two attached hydrogens (primary N) is 1. The Morgan fingerprint density at radius 1 is 0.804 bits per heavy atom. The Hall–Kier alpha value is -3.01. The predicted molar refractivity (Wildman–Crippen MR) is 183 cm³/mol. The third kappa shape index (κ3) is 22.5. The molecule has 3 saturated heterocycles. The number of hydrogen-bond donors (Lipinski definition) is 2. The maximum absolute atomic E-state index is 11.8. The molecule has 1 aromatic carbocycles. The van der Waals surface area contributed by atoms with Crippen LogP contribution in [0.4, 0.5) is 14.4 Å². The van der Waals surface area contributed by atoms with Crippen LogP contribution in [0.3, 0.4) is 0 Å². The highest BCUT2D eigenvalue weighted by molar-refractivity contribution is 5.70. The van der Waals surface area contributed by atoms with Crippen LogP contribution in [-0.2, 0) is 25.5 Å². The van der Waals surface area contributed by atoms with E-state index < -0.39 is 6.09 Å². The largest absolute Gasteiger partial charge is 0.450 e. The van der Waals surface area contributed by atoms with Gasteiger partial charge >= 0.3 is 18.3 Å². The first kappa shape index (κ1) is 41.0. The van der Waals surface area contributed by atoms with Crippen LogP contribution in [0.25, 0.3) is 0 Å². The van der Waals surface area contributed by atoms with E-state index in [2.05, 4.69) is 36.6 Å². The van der Waals surface area contributed by atoms with Gasteiger partial charge in [-0.25, -0.2) is 14.4 Å². The number of carbonyl (C=O) groups is 3. The number of ether oxygens (including phenoxy) is 4. The monoisotopic (exact) mass is 649 g/mol. The van der Waals surface area contributed by atoms with Crippen LogP contribution >= 0.6 is 0 Å². The lowest BCUT2D eigenvalue weighted by Gasteiger charge is -2.12. The smallest absolute Gasteiger partial charge is 0.410 e. The van der Waals surface area contributed by atoms with Crippen molar-refractivity contribution in [2.75, 3.05) is 26.3 Å². The highest BCUT2D eigenvalue weighted by Gasteiger charge is 2.30. The van der Waals surface area contributed by atoms with Crippen molar-refractivity contribution in [1.29, 1.82) is 0 Å². The van der Waals surface area contributed by atoms with Crippen molar-refractivity contribution in [2.24, 2.45) is 5.73 Å². The number of benzene rings is 1. The summed E-state index contributed by atoms with van der Waals surface area (Å²) in [5.74, 6) is 0. The number of nitrogens with zero attached hydrogens (tertiary/aromatic N) is 1. The molecule has 3 atom stereocenters. The van der Waals surface area contributed by atoms with Crippen molar-refractivity contribution in [3.63, 3.8) is 0 Å². The van der Waals surface area contributed by atoms with E-state index in [1.165, 1.54) is 77.0 Å². The highest BCUT2D eigenvalue weighted by Crippen LogP contribution is 2.20. The number of primary amides is 1. The fourth-order valence-corrected chi connectivity index (χ4v) is 5.02. The second kappa shape index (κ2) is 27.1. The van der Waals surface area contributed by atoms with E-state index in [0.717, 1.165) is 38.0 Å². The Morgan fingerprint density at radius 3 is 1.78 bits per heavy atom. The van der Waals surface area contributed by atoms with Crippen LogP contribution in [0.5, 0.6) is 0 Å². The zero-order chi connectivity index (χ0) is 33.8. The van der Waals surface area contributed by atoms with Gasteiger partial charge in [0.2, 0.25) is 0 Å². The summed E-state index contributed by atoms with van der Waals surface area (Å²) in [4.78, 5) is 33.8. The Kier molecular flexibility index (Phi) is 24.2. The number of rotatable bonds is 18. The van der Waals surface area contributed by atoms with E-state index in [1.807, 2.05) is 30.3 Å². The molecule has 3 aliphatic heterocycles. The third-order valence-electron chi connectivity index (χ3n) is 7.74. The van der Waals surface area contributed by atoms with Crippen molar-refractivity contribution in [3.05, 3.63) is 35.9 Å². The normalized spacial score (nSPS) is 19.2. The fourth-order valence-electron chi connectivity index (χ4n) is 5.02. The maximum atomic E-state index is 11.8. The molecule has 3 fully saturated rings. The molecule has 0 spiro atoms. The molecule has 1 aromatic rings. The van der Waals surface area contributed by atoms with Crippen LogP contribution in [0.2, 0.25) is 0 Å². The van der Waals surface area contributed by atoms with E-state index in [9.17, 15) is 14.4 Å². The molecular weight excluding hydrogens is 586 g/mol. The van der Waals surface area contributed by atoms with Crippen molar-refractivity contribution < 1.29 is 33.3 Å². The first-order valence-electron chi connectivity index (χ1n) is 17.8. The second-order valence-electron chi connectivity index (χ2n) is 12.0. The number of nitrogens with one attached hydrogen (secondary N) is 1. The molecule has 10 nitrogen and oxygen atoms in total. The van der Waals surface area contributed by atoms with Gasteiger partial charge in [0.25, 0.3) is 0 Å². The lowest BCUT2D eigenvalue weighted by molar-refractivity contribution is 0.127. The van der Waals surface area contributed by atoms with Gasteiger partial charge in [-0.1, -0.05) is 115 Å². The zero-order valence-corrected chi connectivity index (χ0v) is 29.1. The number of epoxide rings is 1. The van der Waals surface area contributed by atoms with Gasteiger partial charge in [0.1, 0.15) is 12.2 Å². The summed E-state index contributed by atoms with van der Waals surface area (Å²) in [6.45, 7) is 11.8. The van der Waals surface area contributed by atoms with Crippen LogP contribution in [0.1, 0.15) is 130 Å². The van der Waals surface area contributed by atoms with E-state index in [-0.39, 0.29) is 24.4 Å². The number of unbranched alkanes of at least 4 members (excludes halogenated alkanes) is 9. The van der Waals surface area contributed by atoms with Gasteiger partial charge in [-0.3, -0.25) is 0 Å². The van der Waals surface area contributed by atoms with Crippen LogP contribution < -0.4 is 11.1 Å². The minimum Gasteiger partial charge on any atom is -0.450 e. The minimum absolute atomic E-state index is 0.0908. The number of carbonyl (C=O) groups excluding carboxylic acids is 3. The summed E-state index contributed by atoms with van der Waals surface area (Å²) in [5, 5.41) is 2.65. The summed E-state index contributed by atoms with van der Waals surface area (Å²) < 4.78 is 19.7. The molecule has 0 bridgehead atoms. The number of hydrogen-bond acceptors (Lipinski definition) is 7. The summed E-state index contributed by atoms with van der Waals surface area (Å²) in [5.41, 5.74) is 5.70. The van der Waals surface area contributed by atoms with Crippen LogP contribution in [0, 0.1) is 0 Å². The van der Waals surface area contributed by atoms with Gasteiger partial charge in [-0.2, -0.15) is 0 Å². The van der Waals surface area contributed by atoms with Crippen molar-refractivity contribution in [2.45, 2.75) is 149 Å². The van der Waals surface area contributed by atoms with Crippen LogP contribution in [-0.4, -0.2) is 67.8 Å². The SMILES string of the molecule is CCCCCCC1CN(Cc2ccccc2)C(=O)O1.CCCCCCC1CNC(=O)O1.CCCCCCC1CO1.CCOC(N)=O. The molecular formula is C36H63N3O7. The molecule has 264 valence electrons. The molecule has 0 saturated carbocycles. The number of cyclic esters (lactones) is 2. The summed E-state index contributed by atoms with van der Waals surface area (Å²) >= 11 is 0. The average molecular weight is 650 g/mol. The number of alkyl carbamates (subject to hydrolysis) is 1. The van der Waals surface area contributed by atoms with E-state index in [1.54, 1.807) is 11.8 Å². The first-order chi connectivity index (χ1) is 22.3. The van der Waals surface area contributed by atoms with E-state index in [4.69, 9.17) is 14.2 Å². The van der Waals surface area contributed by atoms with Gasteiger partial charge in [-0.15, -0.1) is 0 Å². The molecule has 0 aliphatic carbocycles. The van der Waals surface area contributed by atoms with Gasteiger partial charge in [0.15, 0.2) is 0 Å². The Morgan fingerprint density at radius 2 is 1.35 bits per heavy atom. The Labute approximate surface area is 278 Å². The predicted octanol–water partition coefficient (Wildman–Crippen LogP) is 8.50. The molecule has 0 radical (unpaired) electrons. The fraction of sp³-hybridized carbons (Fsp3) is 0.750. The first-order valence-corrected chi connectivity index (χ1v) is 17.8. The van der Waals surface area contributed by atoms with Crippen molar-refractivity contribution >= 4 is 18.3 Å². The molecule has 3 aliphatic rings. The minimum atomic E-state index is -0.711. The molecule has 3 amide bonds. The summed E-state index contributed by atoms with van der Waals surface area (Å²) in [6.07, 6.45) is 18.5. The molecule has 10 heteroatoms. The van der Waals surface area contributed by atoms with Crippen molar-refractivity contribution in [1.82, 2.24) is 10.2 Å². The molecule has 3 unspecified atom stereocenters. The second-order valence-corrected chi connectivity index (χ2v) is 12.0. The highest BCUT2D eigenvalue weighted by atomic mass is 16.6. The molecule has 3 heterocycles. The molecule has 3 N–H and O–H groups in total. The molecule has 0 aromatic heterocycles. The van der Waals surface area contributed by atoms with E-state index in [0.29, 0.717) is 25.8 Å². The van der Waals surface area contributed by atoms with Crippen LogP contribution in [0.15, 0.2) is 30.3 Å². The van der Waals surface area contributed by atoms with Gasteiger partial charge in [0.05, 0.1) is 32.4 Å². The Bertz CT molecular complexity index is 914. The van der Waals surface area contributed by atoms with E-state index >= 15 is 0 Å².